The van der Waals surface area contributed by atoms with E-state index in [1.54, 1.807) is 0 Å². The van der Waals surface area contributed by atoms with E-state index >= 15 is 0 Å². The molecule has 0 saturated carbocycles. The van der Waals surface area contributed by atoms with Gasteiger partial charge in [-0.2, -0.15) is 11.8 Å². The van der Waals surface area contributed by atoms with Gasteiger partial charge in [0.15, 0.2) is 0 Å². The maximum atomic E-state index is 11.6. The first-order chi connectivity index (χ1) is 6.25. The van der Waals surface area contributed by atoms with Gasteiger partial charge in [-0.25, -0.2) is 0 Å². The van der Waals surface area contributed by atoms with E-state index in [9.17, 15) is 4.79 Å². The molecule has 3 nitrogen and oxygen atoms in total. The van der Waals surface area contributed by atoms with Crippen LogP contribution in [-0.2, 0) is 4.79 Å². The number of amides is 1. The summed E-state index contributed by atoms with van der Waals surface area (Å²) in [5.74, 6) is 2.58. The van der Waals surface area contributed by atoms with Crippen LogP contribution in [-0.4, -0.2) is 49.0 Å². The summed E-state index contributed by atoms with van der Waals surface area (Å²) >= 11 is 1.94. The molecule has 1 aliphatic heterocycles. The minimum Gasteiger partial charge on any atom is -0.342 e. The Labute approximate surface area is 96.4 Å². The second-order valence-electron chi connectivity index (χ2n) is 3.38. The monoisotopic (exact) mass is 238 g/mol. The molecule has 1 amide bonds. The lowest BCUT2D eigenvalue weighted by Crippen LogP contribution is -2.38. The molecule has 1 fully saturated rings. The molecule has 0 aromatic rings. The molecule has 0 radical (unpaired) electrons. The van der Waals surface area contributed by atoms with E-state index in [0.29, 0.717) is 12.5 Å². The van der Waals surface area contributed by atoms with Crippen molar-refractivity contribution in [2.75, 3.05) is 32.1 Å². The number of halogens is 1. The highest BCUT2D eigenvalue weighted by Crippen LogP contribution is 2.21. The molecule has 14 heavy (non-hydrogen) atoms. The Hall–Kier alpha value is 0.0700. The molecule has 1 rings (SSSR count). The number of carbonyl (C=O) groups excluding carboxylic acids is 1. The van der Waals surface area contributed by atoms with E-state index in [0.717, 1.165) is 18.7 Å². The predicted molar refractivity (Wildman–Crippen MR) is 64.3 cm³/mol. The summed E-state index contributed by atoms with van der Waals surface area (Å²) in [6, 6.07) is 0.481. The fourth-order valence-electron chi connectivity index (χ4n) is 1.44. The summed E-state index contributed by atoms with van der Waals surface area (Å²) in [4.78, 5) is 13.5. The topological polar surface area (TPSA) is 32.3 Å². The van der Waals surface area contributed by atoms with Crippen LogP contribution in [0.15, 0.2) is 0 Å². The third-order valence-electron chi connectivity index (χ3n) is 2.44. The number of nitrogens with one attached hydrogen (secondary N) is 1. The predicted octanol–water partition coefficient (Wildman–Crippen LogP) is 0.982. The van der Waals surface area contributed by atoms with Gasteiger partial charge < -0.3 is 10.2 Å². The molecule has 1 saturated heterocycles. The molecule has 0 spiro atoms. The number of carbonyl (C=O) groups is 1. The number of hydrogen-bond acceptors (Lipinski definition) is 3. The highest BCUT2D eigenvalue weighted by molar-refractivity contribution is 7.99. The maximum Gasteiger partial charge on any atom is 0.223 e. The van der Waals surface area contributed by atoms with Crippen molar-refractivity contribution in [1.82, 2.24) is 10.2 Å². The fraction of sp³-hybridized carbons (Fsp3) is 0.889. The molecular weight excluding hydrogens is 220 g/mol. The first-order valence-electron chi connectivity index (χ1n) is 4.73. The lowest BCUT2D eigenvalue weighted by Gasteiger charge is -2.23. The van der Waals surface area contributed by atoms with E-state index in [1.807, 2.05) is 30.8 Å². The number of rotatable bonds is 4. The van der Waals surface area contributed by atoms with Gasteiger partial charge in [-0.3, -0.25) is 4.79 Å². The number of thioether (sulfide) groups is 1. The molecule has 5 heteroatoms. The third-order valence-corrected chi connectivity index (χ3v) is 3.58. The summed E-state index contributed by atoms with van der Waals surface area (Å²) in [7, 11) is 3.80. The zero-order valence-electron chi connectivity index (χ0n) is 8.78. The van der Waals surface area contributed by atoms with Crippen LogP contribution < -0.4 is 5.32 Å². The number of nitrogens with zero attached hydrogens (tertiary/aromatic N) is 1. The largest absolute Gasteiger partial charge is 0.342 e. The van der Waals surface area contributed by atoms with Gasteiger partial charge in [0.2, 0.25) is 5.91 Å². The normalized spacial score (nSPS) is 20.3. The first-order valence-corrected chi connectivity index (χ1v) is 5.89. The van der Waals surface area contributed by atoms with Crippen LogP contribution >= 0.6 is 24.2 Å². The summed E-state index contributed by atoms with van der Waals surface area (Å²) in [5, 5.41) is 2.99. The Morgan fingerprint density at radius 2 is 2.36 bits per heavy atom. The Bertz CT molecular complexity index is 174. The van der Waals surface area contributed by atoms with Crippen LogP contribution in [0, 0.1) is 0 Å². The quantitative estimate of drug-likeness (QED) is 0.793. The lowest BCUT2D eigenvalue weighted by atomic mass is 10.2. The second kappa shape index (κ2) is 7.37. The Kier molecular flexibility index (Phi) is 7.41. The lowest BCUT2D eigenvalue weighted by molar-refractivity contribution is -0.131. The van der Waals surface area contributed by atoms with Gasteiger partial charge in [0, 0.05) is 31.8 Å². The Morgan fingerprint density at radius 1 is 1.64 bits per heavy atom. The minimum atomic E-state index is 0. The molecule has 0 aliphatic carbocycles. The smallest absolute Gasteiger partial charge is 0.223 e. The highest BCUT2D eigenvalue weighted by Gasteiger charge is 2.22. The van der Waals surface area contributed by atoms with Crippen molar-refractivity contribution in [2.45, 2.75) is 18.9 Å². The van der Waals surface area contributed by atoms with Crippen molar-refractivity contribution in [3.63, 3.8) is 0 Å². The fourth-order valence-corrected chi connectivity index (χ4v) is 2.71. The van der Waals surface area contributed by atoms with Crippen molar-refractivity contribution in [1.29, 1.82) is 0 Å². The first kappa shape index (κ1) is 14.1. The Balaban J connectivity index is 0.00000169. The average Bonchev–Trinajstić information content (AvgIpc) is 2.65. The van der Waals surface area contributed by atoms with Gasteiger partial charge in [-0.1, -0.05) is 0 Å². The van der Waals surface area contributed by atoms with Gasteiger partial charge in [0.25, 0.3) is 0 Å². The molecular formula is C9H19ClN2OS. The van der Waals surface area contributed by atoms with Gasteiger partial charge in [0.1, 0.15) is 0 Å². The molecule has 1 atom stereocenters. The van der Waals surface area contributed by atoms with E-state index in [2.05, 4.69) is 5.32 Å². The van der Waals surface area contributed by atoms with Crippen molar-refractivity contribution in [2.24, 2.45) is 0 Å². The third kappa shape index (κ3) is 4.07. The maximum absolute atomic E-state index is 11.6. The second-order valence-corrected chi connectivity index (χ2v) is 4.53. The van der Waals surface area contributed by atoms with Crippen LogP contribution in [0.1, 0.15) is 12.8 Å². The molecule has 0 aromatic heterocycles. The molecule has 1 heterocycles. The van der Waals surface area contributed by atoms with Crippen LogP contribution in [0.5, 0.6) is 0 Å². The van der Waals surface area contributed by atoms with Crippen molar-refractivity contribution >= 4 is 30.1 Å². The summed E-state index contributed by atoms with van der Waals surface area (Å²) in [6.45, 7) is 0.781. The zero-order chi connectivity index (χ0) is 9.68. The van der Waals surface area contributed by atoms with Gasteiger partial charge in [0.05, 0.1) is 0 Å². The van der Waals surface area contributed by atoms with Crippen molar-refractivity contribution in [3.05, 3.63) is 0 Å². The van der Waals surface area contributed by atoms with Gasteiger partial charge in [-0.05, 0) is 19.2 Å². The zero-order valence-corrected chi connectivity index (χ0v) is 10.4. The van der Waals surface area contributed by atoms with E-state index in [4.69, 9.17) is 0 Å². The van der Waals surface area contributed by atoms with Crippen LogP contribution in [0.3, 0.4) is 0 Å². The average molecular weight is 239 g/mol. The molecule has 0 aromatic carbocycles. The van der Waals surface area contributed by atoms with Crippen LogP contribution in [0.2, 0.25) is 0 Å². The summed E-state index contributed by atoms with van der Waals surface area (Å²) in [5.41, 5.74) is 0. The summed E-state index contributed by atoms with van der Waals surface area (Å²) < 4.78 is 0. The standard InChI is InChI=1S/C9H18N2OS.ClH/c1-10-5-3-9(12)11(2)8-4-6-13-7-8;/h8,10H,3-7H2,1-2H3;1H. The number of hydrogen-bond donors (Lipinski definition) is 1. The Morgan fingerprint density at radius 3 is 2.86 bits per heavy atom. The van der Waals surface area contributed by atoms with E-state index in [-0.39, 0.29) is 18.3 Å². The molecule has 1 unspecified atom stereocenters. The van der Waals surface area contributed by atoms with Crippen LogP contribution in [0.25, 0.3) is 0 Å². The molecule has 1 N–H and O–H groups in total. The van der Waals surface area contributed by atoms with Crippen molar-refractivity contribution in [3.8, 4) is 0 Å². The molecule has 84 valence electrons. The SMILES string of the molecule is CNCCC(=O)N(C)C1CCSC1.Cl. The minimum absolute atomic E-state index is 0. The van der Waals surface area contributed by atoms with E-state index < -0.39 is 0 Å². The van der Waals surface area contributed by atoms with Crippen LogP contribution in [0.4, 0.5) is 0 Å². The molecule has 1 aliphatic rings. The van der Waals surface area contributed by atoms with Gasteiger partial charge >= 0.3 is 0 Å². The molecule has 0 bridgehead atoms. The van der Waals surface area contributed by atoms with Gasteiger partial charge in [-0.15, -0.1) is 12.4 Å². The highest BCUT2D eigenvalue weighted by atomic mass is 35.5. The summed E-state index contributed by atoms with van der Waals surface area (Å²) in [6.07, 6.45) is 1.78. The van der Waals surface area contributed by atoms with E-state index in [1.165, 1.54) is 5.75 Å². The van der Waals surface area contributed by atoms with Crippen molar-refractivity contribution < 1.29 is 4.79 Å².